The van der Waals surface area contributed by atoms with Crippen LogP contribution < -0.4 is 0 Å². The van der Waals surface area contributed by atoms with E-state index in [-0.39, 0.29) is 5.92 Å². The van der Waals surface area contributed by atoms with E-state index in [1.54, 1.807) is 18.6 Å². The molecule has 0 aliphatic carbocycles. The zero-order valence-corrected chi connectivity index (χ0v) is 18.2. The Balaban J connectivity index is 1.41. The lowest BCUT2D eigenvalue weighted by Gasteiger charge is -2.47. The minimum absolute atomic E-state index is 0.275. The minimum Gasteiger partial charge on any atom is -0.376 e. The van der Waals surface area contributed by atoms with E-state index in [0.717, 1.165) is 67.8 Å². The van der Waals surface area contributed by atoms with Gasteiger partial charge < -0.3 is 5.11 Å². The summed E-state index contributed by atoms with van der Waals surface area (Å²) < 4.78 is 0. The second kappa shape index (κ2) is 9.20. The second-order valence-corrected chi connectivity index (χ2v) is 8.88. The molecule has 0 saturated carbocycles. The molecule has 2 aromatic heterocycles. The first kappa shape index (κ1) is 20.8. The summed E-state index contributed by atoms with van der Waals surface area (Å²) in [6.07, 6.45) is 9.60. The van der Waals surface area contributed by atoms with Gasteiger partial charge >= 0.3 is 0 Å². The molecule has 1 atom stereocenters. The Hall–Kier alpha value is -3.07. The summed E-state index contributed by atoms with van der Waals surface area (Å²) in [6, 6.07) is 14.5. The standard InChI is InChI=1S/C27H28N4O/c32-27(20-31-16-11-23(27)12-17-31)13-10-22-6-7-24(8-9-25-19-28-14-15-29-25)30-26(22)18-21-4-2-1-3-5-21/h1-7,14-15,19,23,32H,8-9,11-12,16-18,20H2. The molecule has 3 fully saturated rings. The number of nitrogens with zero attached hydrogens (tertiary/aromatic N) is 4. The molecule has 3 aliphatic heterocycles. The van der Waals surface area contributed by atoms with Crippen molar-refractivity contribution in [2.45, 2.75) is 37.7 Å². The van der Waals surface area contributed by atoms with Crippen molar-refractivity contribution in [1.82, 2.24) is 19.9 Å². The van der Waals surface area contributed by atoms with Crippen molar-refractivity contribution in [3.63, 3.8) is 0 Å². The van der Waals surface area contributed by atoms with Crippen molar-refractivity contribution in [2.24, 2.45) is 5.92 Å². The first-order valence-corrected chi connectivity index (χ1v) is 11.4. The van der Waals surface area contributed by atoms with Gasteiger partial charge in [-0.2, -0.15) is 0 Å². The molecule has 1 N–H and O–H groups in total. The Morgan fingerprint density at radius 2 is 1.81 bits per heavy atom. The zero-order valence-electron chi connectivity index (χ0n) is 18.2. The minimum atomic E-state index is -0.912. The first-order chi connectivity index (χ1) is 15.7. The van der Waals surface area contributed by atoms with Gasteiger partial charge in [-0.1, -0.05) is 42.2 Å². The number of hydrogen-bond acceptors (Lipinski definition) is 5. The molecule has 162 valence electrons. The summed E-state index contributed by atoms with van der Waals surface area (Å²) in [5.74, 6) is 6.85. The molecular formula is C27H28N4O. The van der Waals surface area contributed by atoms with Crippen molar-refractivity contribution < 1.29 is 5.11 Å². The van der Waals surface area contributed by atoms with Gasteiger partial charge in [0.25, 0.3) is 0 Å². The lowest BCUT2D eigenvalue weighted by molar-refractivity contribution is -0.0713. The van der Waals surface area contributed by atoms with Crippen LogP contribution in [0.15, 0.2) is 61.1 Å². The fourth-order valence-electron chi connectivity index (χ4n) is 4.79. The van der Waals surface area contributed by atoms with E-state index in [9.17, 15) is 5.11 Å². The van der Waals surface area contributed by atoms with Crippen LogP contribution >= 0.6 is 0 Å². The smallest absolute Gasteiger partial charge is 0.141 e. The van der Waals surface area contributed by atoms with Gasteiger partial charge in [-0.3, -0.25) is 19.9 Å². The Bertz CT molecular complexity index is 1110. The summed E-state index contributed by atoms with van der Waals surface area (Å²) in [4.78, 5) is 15.8. The summed E-state index contributed by atoms with van der Waals surface area (Å²) in [7, 11) is 0. The van der Waals surface area contributed by atoms with Crippen molar-refractivity contribution in [3.8, 4) is 11.8 Å². The average molecular weight is 425 g/mol. The van der Waals surface area contributed by atoms with Gasteiger partial charge in [0, 0.05) is 48.7 Å². The van der Waals surface area contributed by atoms with Gasteiger partial charge in [-0.25, -0.2) is 0 Å². The molecule has 5 heteroatoms. The molecule has 0 radical (unpaired) electrons. The van der Waals surface area contributed by atoms with Crippen LogP contribution in [0.5, 0.6) is 0 Å². The molecule has 3 aromatic rings. The van der Waals surface area contributed by atoms with Crippen LogP contribution in [0.1, 0.15) is 41.1 Å². The van der Waals surface area contributed by atoms with Crippen LogP contribution in [0.4, 0.5) is 0 Å². The average Bonchev–Trinajstić information content (AvgIpc) is 2.84. The molecule has 3 aliphatic rings. The quantitative estimate of drug-likeness (QED) is 0.638. The Morgan fingerprint density at radius 1 is 1.00 bits per heavy atom. The van der Waals surface area contributed by atoms with E-state index in [0.29, 0.717) is 6.54 Å². The van der Waals surface area contributed by atoms with E-state index in [2.05, 4.69) is 63.1 Å². The maximum Gasteiger partial charge on any atom is 0.141 e. The monoisotopic (exact) mass is 424 g/mol. The largest absolute Gasteiger partial charge is 0.376 e. The highest BCUT2D eigenvalue weighted by molar-refractivity contribution is 5.43. The molecular weight excluding hydrogens is 396 g/mol. The van der Waals surface area contributed by atoms with Gasteiger partial charge in [0.2, 0.25) is 0 Å². The molecule has 2 bridgehead atoms. The molecule has 0 spiro atoms. The topological polar surface area (TPSA) is 62.1 Å². The molecule has 1 aromatic carbocycles. The van der Waals surface area contributed by atoms with Gasteiger partial charge in [-0.15, -0.1) is 0 Å². The van der Waals surface area contributed by atoms with E-state index in [1.165, 1.54) is 5.56 Å². The van der Waals surface area contributed by atoms with Gasteiger partial charge in [0.1, 0.15) is 5.60 Å². The highest BCUT2D eigenvalue weighted by Crippen LogP contribution is 2.35. The lowest BCUT2D eigenvalue weighted by atomic mass is 9.75. The molecule has 0 amide bonds. The van der Waals surface area contributed by atoms with Crippen LogP contribution in [-0.2, 0) is 19.3 Å². The van der Waals surface area contributed by atoms with E-state index in [1.807, 2.05) is 6.07 Å². The highest BCUT2D eigenvalue weighted by Gasteiger charge is 2.44. The lowest BCUT2D eigenvalue weighted by Crippen LogP contribution is -2.58. The Kier molecular flexibility index (Phi) is 5.98. The number of hydrogen-bond donors (Lipinski definition) is 1. The van der Waals surface area contributed by atoms with Crippen LogP contribution in [0.3, 0.4) is 0 Å². The van der Waals surface area contributed by atoms with Crippen LogP contribution in [-0.4, -0.2) is 50.2 Å². The van der Waals surface area contributed by atoms with Crippen molar-refractivity contribution in [2.75, 3.05) is 19.6 Å². The number of rotatable bonds is 5. The molecule has 5 nitrogen and oxygen atoms in total. The molecule has 5 heterocycles. The molecule has 3 saturated heterocycles. The first-order valence-electron chi connectivity index (χ1n) is 11.4. The predicted molar refractivity (Wildman–Crippen MR) is 124 cm³/mol. The fourth-order valence-corrected chi connectivity index (χ4v) is 4.79. The second-order valence-electron chi connectivity index (χ2n) is 8.88. The number of pyridine rings is 1. The van der Waals surface area contributed by atoms with E-state index in [4.69, 9.17) is 4.98 Å². The highest BCUT2D eigenvalue weighted by atomic mass is 16.3. The SMILES string of the molecule is OC1(C#Cc2ccc(CCc3cnccn3)nc2Cc2ccccc2)CN2CCC1CC2. The summed E-state index contributed by atoms with van der Waals surface area (Å²) in [5, 5.41) is 11.2. The van der Waals surface area contributed by atoms with Crippen molar-refractivity contribution in [1.29, 1.82) is 0 Å². The number of aryl methyl sites for hydroxylation is 2. The van der Waals surface area contributed by atoms with E-state index >= 15 is 0 Å². The third-order valence-corrected chi connectivity index (χ3v) is 6.64. The maximum absolute atomic E-state index is 11.2. The van der Waals surface area contributed by atoms with Crippen LogP contribution in [0.2, 0.25) is 0 Å². The third-order valence-electron chi connectivity index (χ3n) is 6.64. The predicted octanol–water partition coefficient (Wildman–Crippen LogP) is 3.06. The van der Waals surface area contributed by atoms with Crippen LogP contribution in [0.25, 0.3) is 0 Å². The number of fused-ring (bicyclic) bond motifs is 3. The molecule has 1 unspecified atom stereocenters. The summed E-state index contributed by atoms with van der Waals surface area (Å²) in [6.45, 7) is 2.81. The zero-order chi connectivity index (χ0) is 21.8. The number of benzene rings is 1. The number of aliphatic hydroxyl groups is 1. The normalized spacial score (nSPS) is 24.0. The number of piperidine rings is 3. The van der Waals surface area contributed by atoms with Crippen molar-refractivity contribution >= 4 is 0 Å². The van der Waals surface area contributed by atoms with Gasteiger partial charge in [0.05, 0.1) is 11.4 Å². The van der Waals surface area contributed by atoms with Gasteiger partial charge in [-0.05, 0) is 56.5 Å². The van der Waals surface area contributed by atoms with E-state index < -0.39 is 5.60 Å². The third kappa shape index (κ3) is 4.72. The summed E-state index contributed by atoms with van der Waals surface area (Å²) >= 11 is 0. The van der Waals surface area contributed by atoms with Crippen LogP contribution in [0, 0.1) is 17.8 Å². The molecule has 32 heavy (non-hydrogen) atoms. The maximum atomic E-state index is 11.2. The Labute approximate surface area is 189 Å². The fraction of sp³-hybridized carbons (Fsp3) is 0.370. The molecule has 6 rings (SSSR count). The van der Waals surface area contributed by atoms with Crippen molar-refractivity contribution in [3.05, 3.63) is 89.3 Å². The Morgan fingerprint density at radius 3 is 2.53 bits per heavy atom. The summed E-state index contributed by atoms with van der Waals surface area (Å²) in [5.41, 5.74) is 4.15. The number of aromatic nitrogens is 3. The van der Waals surface area contributed by atoms with Gasteiger partial charge in [0.15, 0.2) is 0 Å².